The van der Waals surface area contributed by atoms with Gasteiger partial charge in [0.25, 0.3) is 5.69 Å². The second-order valence-electron chi connectivity index (χ2n) is 1.95. The largest absolute Gasteiger partial charge is 0.285 e. The molecule has 0 aliphatic carbocycles. The van der Waals surface area contributed by atoms with Crippen molar-refractivity contribution in [3.05, 3.63) is 34.4 Å². The first-order valence-electron chi connectivity index (χ1n) is 3.14. The molecule has 0 amide bonds. The van der Waals surface area contributed by atoms with E-state index in [2.05, 4.69) is 9.37 Å². The fourth-order valence-corrected chi connectivity index (χ4v) is 1.20. The molecule has 0 atom stereocenters. The third-order valence-corrected chi connectivity index (χ3v) is 1.87. The number of nitro benzene ring substituents is 1. The van der Waals surface area contributed by atoms with Gasteiger partial charge in [0.2, 0.25) is 0 Å². The molecule has 7 heteroatoms. The van der Waals surface area contributed by atoms with E-state index in [-0.39, 0.29) is 10.6 Å². The summed E-state index contributed by atoms with van der Waals surface area (Å²) >= 11 is 0.561. The molecule has 1 N–H and O–H groups in total. The number of rotatable bonds is 4. The minimum absolute atomic E-state index is 0.107. The van der Waals surface area contributed by atoms with Crippen molar-refractivity contribution < 1.29 is 19.6 Å². The third kappa shape index (κ3) is 2.67. The third-order valence-electron chi connectivity index (χ3n) is 1.22. The highest BCUT2D eigenvalue weighted by Crippen LogP contribution is 2.28. The zero-order chi connectivity index (χ0) is 9.68. The van der Waals surface area contributed by atoms with E-state index < -0.39 is 4.92 Å². The molecule has 0 bridgehead atoms. The number of para-hydroxylation sites is 1. The lowest BCUT2D eigenvalue weighted by molar-refractivity contribution is -0.432. The minimum Gasteiger partial charge on any atom is -0.258 e. The average Bonchev–Trinajstić information content (AvgIpc) is 2.15. The predicted octanol–water partition coefficient (Wildman–Crippen LogP) is 2.02. The van der Waals surface area contributed by atoms with Crippen LogP contribution < -0.4 is 0 Å². The second-order valence-corrected chi connectivity index (χ2v) is 2.69. The monoisotopic (exact) mass is 203 g/mol. The summed E-state index contributed by atoms with van der Waals surface area (Å²) in [6.07, 6.45) is 0. The van der Waals surface area contributed by atoms with Gasteiger partial charge >= 0.3 is 0 Å². The summed E-state index contributed by atoms with van der Waals surface area (Å²) in [6.45, 7) is 0. The number of hydrogen-bond acceptors (Lipinski definition) is 6. The van der Waals surface area contributed by atoms with Crippen LogP contribution in [0.15, 0.2) is 29.2 Å². The van der Waals surface area contributed by atoms with Crippen LogP contribution in [-0.4, -0.2) is 10.2 Å². The van der Waals surface area contributed by atoms with E-state index in [1.54, 1.807) is 6.07 Å². The van der Waals surface area contributed by atoms with Crippen LogP contribution in [0.4, 0.5) is 5.69 Å². The quantitative estimate of drug-likeness (QED) is 0.349. The Bertz CT molecular complexity index is 305. The summed E-state index contributed by atoms with van der Waals surface area (Å²) in [7, 11) is 0. The molecule has 0 aliphatic rings. The van der Waals surface area contributed by atoms with E-state index in [9.17, 15) is 10.1 Å². The van der Waals surface area contributed by atoms with Crippen molar-refractivity contribution in [3.8, 4) is 0 Å². The number of hydrogen-bond donors (Lipinski definition) is 1. The van der Waals surface area contributed by atoms with E-state index in [0.717, 1.165) is 0 Å². The molecular weight excluding hydrogens is 198 g/mol. The Hall–Kier alpha value is -1.15. The van der Waals surface area contributed by atoms with E-state index in [4.69, 9.17) is 5.26 Å². The van der Waals surface area contributed by atoms with Crippen LogP contribution in [-0.2, 0) is 9.37 Å². The lowest BCUT2D eigenvalue weighted by Crippen LogP contribution is -1.90. The molecule has 0 saturated carbocycles. The van der Waals surface area contributed by atoms with Crippen LogP contribution in [0.2, 0.25) is 0 Å². The summed E-state index contributed by atoms with van der Waals surface area (Å²) in [5.74, 6) is 0. The standard InChI is InChI=1S/C6H5NO5S/c8-7(9)5-3-1-2-4-6(5)13-12-11-10/h1-4,10H. The summed E-state index contributed by atoms with van der Waals surface area (Å²) in [4.78, 5) is 10.1. The van der Waals surface area contributed by atoms with Crippen LogP contribution in [0, 0.1) is 10.1 Å². The molecule has 6 nitrogen and oxygen atoms in total. The van der Waals surface area contributed by atoms with Gasteiger partial charge in [0.1, 0.15) is 4.90 Å². The second kappa shape index (κ2) is 4.77. The highest BCUT2D eigenvalue weighted by molar-refractivity contribution is 7.94. The van der Waals surface area contributed by atoms with Crippen molar-refractivity contribution in [2.45, 2.75) is 4.90 Å². The van der Waals surface area contributed by atoms with Gasteiger partial charge in [0.05, 0.1) is 17.0 Å². The predicted molar refractivity (Wildman–Crippen MR) is 43.8 cm³/mol. The molecule has 70 valence electrons. The maximum absolute atomic E-state index is 10.4. The molecule has 0 aliphatic heterocycles. The fraction of sp³-hybridized carbons (Fsp3) is 0. The van der Waals surface area contributed by atoms with Crippen molar-refractivity contribution in [1.82, 2.24) is 0 Å². The molecule has 1 rings (SSSR count). The van der Waals surface area contributed by atoms with E-state index in [0.29, 0.717) is 12.0 Å². The molecule has 1 aromatic carbocycles. The Morgan fingerprint density at radius 2 is 2.15 bits per heavy atom. The van der Waals surface area contributed by atoms with Crippen molar-refractivity contribution >= 4 is 17.7 Å². The maximum Gasteiger partial charge on any atom is 0.285 e. The first kappa shape index (κ1) is 9.93. The van der Waals surface area contributed by atoms with Gasteiger partial charge in [-0.2, -0.15) is 0 Å². The summed E-state index contributed by atoms with van der Waals surface area (Å²) < 4.78 is 4.08. The molecule has 0 heterocycles. The normalized spacial score (nSPS) is 9.92. The Morgan fingerprint density at radius 1 is 1.46 bits per heavy atom. The number of benzene rings is 1. The van der Waals surface area contributed by atoms with Gasteiger partial charge in [0.15, 0.2) is 0 Å². The van der Waals surface area contributed by atoms with Crippen molar-refractivity contribution in [3.63, 3.8) is 0 Å². The van der Waals surface area contributed by atoms with E-state index >= 15 is 0 Å². The first-order chi connectivity index (χ1) is 6.25. The number of nitrogens with zero attached hydrogens (tertiary/aromatic N) is 1. The van der Waals surface area contributed by atoms with Gasteiger partial charge in [-0.15, -0.1) is 4.33 Å². The van der Waals surface area contributed by atoms with Crippen LogP contribution in [0.25, 0.3) is 0 Å². The van der Waals surface area contributed by atoms with Gasteiger partial charge in [-0.1, -0.05) is 17.2 Å². The van der Waals surface area contributed by atoms with E-state index in [1.165, 1.54) is 18.2 Å². The van der Waals surface area contributed by atoms with Crippen LogP contribution >= 0.6 is 12.0 Å². The summed E-state index contributed by atoms with van der Waals surface area (Å²) in [5, 5.41) is 21.6. The highest BCUT2D eigenvalue weighted by Gasteiger charge is 2.13. The van der Waals surface area contributed by atoms with Crippen LogP contribution in [0.3, 0.4) is 0 Å². The van der Waals surface area contributed by atoms with Gasteiger partial charge in [-0.3, -0.25) is 10.1 Å². The smallest absolute Gasteiger partial charge is 0.258 e. The van der Waals surface area contributed by atoms with Crippen LogP contribution in [0.1, 0.15) is 0 Å². The van der Waals surface area contributed by atoms with Crippen molar-refractivity contribution in [1.29, 1.82) is 0 Å². The van der Waals surface area contributed by atoms with Gasteiger partial charge in [-0.05, 0) is 6.07 Å². The van der Waals surface area contributed by atoms with Crippen LogP contribution in [0.5, 0.6) is 0 Å². The van der Waals surface area contributed by atoms with Gasteiger partial charge in [-0.25, -0.2) is 5.26 Å². The minimum atomic E-state index is -0.553. The Morgan fingerprint density at radius 3 is 2.77 bits per heavy atom. The van der Waals surface area contributed by atoms with Crippen molar-refractivity contribution in [2.24, 2.45) is 0 Å². The molecule has 0 unspecified atom stereocenters. The molecular formula is C6H5NO5S. The molecule has 0 radical (unpaired) electrons. The van der Waals surface area contributed by atoms with Gasteiger partial charge in [0, 0.05) is 6.07 Å². The average molecular weight is 203 g/mol. The summed E-state index contributed by atoms with van der Waals surface area (Å²) in [6, 6.07) is 5.93. The fourth-order valence-electron chi connectivity index (χ4n) is 0.730. The SMILES string of the molecule is O=[N+]([O-])c1ccccc1SOOO. The zero-order valence-corrected chi connectivity index (χ0v) is 7.06. The number of nitro groups is 1. The molecule has 13 heavy (non-hydrogen) atoms. The summed E-state index contributed by atoms with van der Waals surface area (Å²) in [5.41, 5.74) is -0.107. The molecule has 0 spiro atoms. The zero-order valence-electron chi connectivity index (χ0n) is 6.25. The van der Waals surface area contributed by atoms with Gasteiger partial charge < -0.3 is 0 Å². The molecule has 0 aromatic heterocycles. The Balaban J connectivity index is 2.84. The van der Waals surface area contributed by atoms with E-state index in [1.807, 2.05) is 0 Å². The topological polar surface area (TPSA) is 81.8 Å². The Labute approximate surface area is 77.3 Å². The highest BCUT2D eigenvalue weighted by atomic mass is 32.2. The molecule has 0 fully saturated rings. The first-order valence-corrected chi connectivity index (χ1v) is 3.88. The van der Waals surface area contributed by atoms with Crippen molar-refractivity contribution in [2.75, 3.05) is 0 Å². The lowest BCUT2D eigenvalue weighted by atomic mass is 10.3. The maximum atomic E-state index is 10.4. The Kier molecular flexibility index (Phi) is 3.65. The molecule has 0 saturated heterocycles. The lowest BCUT2D eigenvalue weighted by Gasteiger charge is -1.97. The molecule has 1 aromatic rings.